The number of furan rings is 1. The minimum atomic E-state index is -0.726. The van der Waals surface area contributed by atoms with Gasteiger partial charge in [-0.3, -0.25) is 9.59 Å². The molecule has 0 unspecified atom stereocenters. The number of carbonyl (C=O) groups excluding carboxylic acids is 2. The first-order valence-corrected chi connectivity index (χ1v) is 9.95. The maximum atomic E-state index is 12.4. The van der Waals surface area contributed by atoms with E-state index in [4.69, 9.17) is 14.9 Å². The van der Waals surface area contributed by atoms with Crippen LogP contribution in [-0.2, 0) is 9.59 Å². The number of allylic oxidation sites excluding steroid dienone is 2. The molecule has 9 heteroatoms. The van der Waals surface area contributed by atoms with Crippen LogP contribution < -0.4 is 21.1 Å². The van der Waals surface area contributed by atoms with Crippen LogP contribution in [-0.4, -0.2) is 24.7 Å². The summed E-state index contributed by atoms with van der Waals surface area (Å²) in [6.45, 7) is 1.70. The highest BCUT2D eigenvalue weighted by Gasteiger charge is 2.35. The SMILES string of the molecule is COc1ccc(NC(=O)CSC2=C(C#N)[C@@H](c3ccco3)C(C(N)=O)=C(C)N2)cc1. The molecule has 30 heavy (non-hydrogen) atoms. The van der Waals surface area contributed by atoms with Crippen LogP contribution >= 0.6 is 11.8 Å². The number of nitrogens with one attached hydrogen (secondary N) is 2. The highest BCUT2D eigenvalue weighted by molar-refractivity contribution is 8.03. The summed E-state index contributed by atoms with van der Waals surface area (Å²) in [6, 6.07) is 12.5. The second-order valence-corrected chi connectivity index (χ2v) is 7.38. The fraction of sp³-hybridized carbons (Fsp3) is 0.190. The first kappa shape index (κ1) is 21.1. The van der Waals surface area contributed by atoms with Gasteiger partial charge in [0.15, 0.2) is 0 Å². The Morgan fingerprint density at radius 1 is 1.33 bits per heavy atom. The van der Waals surface area contributed by atoms with Gasteiger partial charge in [-0.2, -0.15) is 5.26 Å². The molecule has 0 saturated carbocycles. The quantitative estimate of drug-likeness (QED) is 0.623. The maximum Gasteiger partial charge on any atom is 0.247 e. The zero-order chi connectivity index (χ0) is 21.7. The Morgan fingerprint density at radius 2 is 2.07 bits per heavy atom. The number of primary amides is 1. The van der Waals surface area contributed by atoms with E-state index in [2.05, 4.69) is 16.7 Å². The number of nitrogens with zero attached hydrogens (tertiary/aromatic N) is 1. The number of thioether (sulfide) groups is 1. The molecule has 0 bridgehead atoms. The predicted octanol–water partition coefficient (Wildman–Crippen LogP) is 2.84. The van der Waals surface area contributed by atoms with Gasteiger partial charge in [0, 0.05) is 11.4 Å². The van der Waals surface area contributed by atoms with Gasteiger partial charge in [0.05, 0.1) is 47.3 Å². The monoisotopic (exact) mass is 424 g/mol. The van der Waals surface area contributed by atoms with E-state index in [0.29, 0.717) is 27.9 Å². The van der Waals surface area contributed by atoms with Crippen LogP contribution in [0.1, 0.15) is 18.6 Å². The van der Waals surface area contributed by atoms with Gasteiger partial charge < -0.3 is 25.5 Å². The maximum absolute atomic E-state index is 12.4. The molecule has 2 heterocycles. The number of dihydropyridines is 1. The minimum Gasteiger partial charge on any atom is -0.497 e. The molecule has 0 spiro atoms. The van der Waals surface area contributed by atoms with E-state index in [1.165, 1.54) is 6.26 Å². The third kappa shape index (κ3) is 4.50. The van der Waals surface area contributed by atoms with Gasteiger partial charge >= 0.3 is 0 Å². The summed E-state index contributed by atoms with van der Waals surface area (Å²) in [6.07, 6.45) is 1.47. The summed E-state index contributed by atoms with van der Waals surface area (Å²) in [5.41, 5.74) is 7.23. The smallest absolute Gasteiger partial charge is 0.247 e. The van der Waals surface area contributed by atoms with Crippen LogP contribution in [0.25, 0.3) is 0 Å². The van der Waals surface area contributed by atoms with E-state index >= 15 is 0 Å². The topological polar surface area (TPSA) is 130 Å². The number of rotatable bonds is 7. The lowest BCUT2D eigenvalue weighted by Gasteiger charge is -2.27. The fourth-order valence-electron chi connectivity index (χ4n) is 3.10. The molecule has 1 atom stereocenters. The minimum absolute atomic E-state index is 0.0591. The second-order valence-electron chi connectivity index (χ2n) is 6.40. The number of carbonyl (C=O) groups is 2. The van der Waals surface area contributed by atoms with Crippen molar-refractivity contribution in [2.24, 2.45) is 5.73 Å². The molecule has 154 valence electrons. The van der Waals surface area contributed by atoms with Gasteiger partial charge in [0.2, 0.25) is 11.8 Å². The van der Waals surface area contributed by atoms with Crippen LogP contribution in [0.4, 0.5) is 5.69 Å². The van der Waals surface area contributed by atoms with Gasteiger partial charge in [0.1, 0.15) is 11.5 Å². The second kappa shape index (κ2) is 9.24. The number of hydrogen-bond acceptors (Lipinski definition) is 7. The standard InChI is InChI=1S/C21H20N4O4S/c1-12-18(20(23)27)19(16-4-3-9-29-16)15(10-22)21(24-12)30-11-17(26)25-13-5-7-14(28-2)8-6-13/h3-9,19,24H,11H2,1-2H3,(H2,23,27)(H,25,26)/t19-/m0/s1. The molecule has 3 rings (SSSR count). The third-order valence-electron chi connectivity index (χ3n) is 4.46. The average Bonchev–Trinajstić information content (AvgIpc) is 3.26. The van der Waals surface area contributed by atoms with E-state index in [-0.39, 0.29) is 22.8 Å². The molecule has 1 aliphatic rings. The molecule has 1 aliphatic heterocycles. The number of benzene rings is 1. The zero-order valence-corrected chi connectivity index (χ0v) is 17.2. The van der Waals surface area contributed by atoms with Crippen LogP contribution in [0.2, 0.25) is 0 Å². The number of anilines is 1. The summed E-state index contributed by atoms with van der Waals surface area (Å²) < 4.78 is 10.5. The van der Waals surface area contributed by atoms with Crippen molar-refractivity contribution in [2.75, 3.05) is 18.2 Å². The number of hydrogen-bond donors (Lipinski definition) is 3. The molecule has 0 saturated heterocycles. The molecule has 2 aromatic rings. The summed E-state index contributed by atoms with van der Waals surface area (Å²) in [5.74, 6) is -0.431. The van der Waals surface area contributed by atoms with E-state index < -0.39 is 11.8 Å². The summed E-state index contributed by atoms with van der Waals surface area (Å²) in [4.78, 5) is 24.4. The van der Waals surface area contributed by atoms with Crippen molar-refractivity contribution >= 4 is 29.3 Å². The van der Waals surface area contributed by atoms with Gasteiger partial charge in [-0.15, -0.1) is 0 Å². The number of nitriles is 1. The largest absolute Gasteiger partial charge is 0.497 e. The normalized spacial score (nSPS) is 16.0. The van der Waals surface area contributed by atoms with Crippen molar-refractivity contribution in [3.05, 3.63) is 70.3 Å². The van der Waals surface area contributed by atoms with Crippen LogP contribution in [0.15, 0.2) is 69.0 Å². The van der Waals surface area contributed by atoms with Crippen molar-refractivity contribution in [1.82, 2.24) is 5.32 Å². The lowest BCUT2D eigenvalue weighted by Crippen LogP contribution is -2.31. The lowest BCUT2D eigenvalue weighted by atomic mass is 9.86. The van der Waals surface area contributed by atoms with Crippen molar-refractivity contribution in [2.45, 2.75) is 12.8 Å². The molecule has 0 fully saturated rings. The molecule has 2 amide bonds. The van der Waals surface area contributed by atoms with E-state index in [1.54, 1.807) is 50.4 Å². The van der Waals surface area contributed by atoms with Gasteiger partial charge in [-0.05, 0) is 43.3 Å². The summed E-state index contributed by atoms with van der Waals surface area (Å²) in [7, 11) is 1.57. The molecule has 0 aliphatic carbocycles. The van der Waals surface area contributed by atoms with Crippen molar-refractivity contribution in [3.63, 3.8) is 0 Å². The Balaban J connectivity index is 1.78. The third-order valence-corrected chi connectivity index (χ3v) is 5.48. The Bertz CT molecular complexity index is 1050. The fourth-order valence-corrected chi connectivity index (χ4v) is 3.99. The van der Waals surface area contributed by atoms with E-state index in [1.807, 2.05) is 0 Å². The summed E-state index contributed by atoms with van der Waals surface area (Å²) in [5, 5.41) is 16.1. The van der Waals surface area contributed by atoms with Crippen molar-refractivity contribution in [1.29, 1.82) is 5.26 Å². The first-order valence-electron chi connectivity index (χ1n) is 8.96. The zero-order valence-electron chi connectivity index (χ0n) is 16.4. The lowest BCUT2D eigenvalue weighted by molar-refractivity contribution is -0.115. The molecule has 1 aromatic heterocycles. The average molecular weight is 424 g/mol. The molecule has 0 radical (unpaired) electrons. The highest BCUT2D eigenvalue weighted by atomic mass is 32.2. The van der Waals surface area contributed by atoms with Gasteiger partial charge in [-0.1, -0.05) is 11.8 Å². The van der Waals surface area contributed by atoms with Crippen LogP contribution in [0.5, 0.6) is 5.75 Å². The molecular weight excluding hydrogens is 404 g/mol. The van der Waals surface area contributed by atoms with E-state index in [0.717, 1.165) is 11.8 Å². The Hall–Kier alpha value is -3.64. The number of nitrogens with two attached hydrogens (primary N) is 1. The predicted molar refractivity (Wildman–Crippen MR) is 113 cm³/mol. The Morgan fingerprint density at radius 3 is 2.63 bits per heavy atom. The van der Waals surface area contributed by atoms with Crippen molar-refractivity contribution in [3.8, 4) is 11.8 Å². The Kier molecular flexibility index (Phi) is 6.49. The van der Waals surface area contributed by atoms with Gasteiger partial charge in [-0.25, -0.2) is 0 Å². The molecule has 4 N–H and O–H groups in total. The van der Waals surface area contributed by atoms with Crippen LogP contribution in [0.3, 0.4) is 0 Å². The van der Waals surface area contributed by atoms with Gasteiger partial charge in [0.25, 0.3) is 0 Å². The van der Waals surface area contributed by atoms with Crippen LogP contribution in [0, 0.1) is 11.3 Å². The summed E-state index contributed by atoms with van der Waals surface area (Å²) >= 11 is 1.16. The molecular formula is C21H20N4O4S. The van der Waals surface area contributed by atoms with E-state index in [9.17, 15) is 14.9 Å². The molecule has 8 nitrogen and oxygen atoms in total. The van der Waals surface area contributed by atoms with Crippen molar-refractivity contribution < 1.29 is 18.7 Å². The number of amides is 2. The Labute approximate surface area is 177 Å². The molecule has 1 aromatic carbocycles. The number of ether oxygens (including phenoxy) is 1. The first-order chi connectivity index (χ1) is 14.4. The highest BCUT2D eigenvalue weighted by Crippen LogP contribution is 2.40. The number of methoxy groups -OCH3 is 1.